The second-order valence-corrected chi connectivity index (χ2v) is 4.70. The van der Waals surface area contributed by atoms with Crippen LogP contribution in [0, 0.1) is 6.92 Å². The zero-order chi connectivity index (χ0) is 10.1. The van der Waals surface area contributed by atoms with E-state index in [0.717, 1.165) is 16.0 Å². The molecule has 0 atom stereocenters. The molecule has 14 heavy (non-hydrogen) atoms. The molecule has 0 saturated heterocycles. The first-order chi connectivity index (χ1) is 6.72. The predicted octanol–water partition coefficient (Wildman–Crippen LogP) is 3.50. The topological polar surface area (TPSA) is 17.3 Å². The zero-order valence-electron chi connectivity index (χ0n) is 8.12. The molecule has 0 aromatic carbocycles. The van der Waals surface area contributed by atoms with E-state index in [0.29, 0.717) is 0 Å². The number of aromatic nitrogens is 2. The fraction of sp³-hybridized carbons (Fsp3) is 0.300. The van der Waals surface area contributed by atoms with Gasteiger partial charge in [-0.3, -0.25) is 4.40 Å². The molecule has 2 aromatic heterocycles. The first-order valence-corrected chi connectivity index (χ1v) is 6.38. The van der Waals surface area contributed by atoms with Gasteiger partial charge in [0.25, 0.3) is 0 Å². The Morgan fingerprint density at radius 2 is 2.50 bits per heavy atom. The number of nitrogens with zero attached hydrogens (tertiary/aromatic N) is 2. The maximum atomic E-state index is 4.48. The Morgan fingerprint density at radius 1 is 1.71 bits per heavy atom. The zero-order valence-corrected chi connectivity index (χ0v) is 10.5. The molecule has 74 valence electrons. The lowest BCUT2D eigenvalue weighted by molar-refractivity contribution is 1.19. The van der Waals surface area contributed by atoms with E-state index in [-0.39, 0.29) is 0 Å². The van der Waals surface area contributed by atoms with Crippen LogP contribution in [0.3, 0.4) is 0 Å². The SMILES string of the molecule is CC(=Cc1c(C)nc2sccn12)CBr. The first kappa shape index (κ1) is 9.93. The average Bonchev–Trinajstić information content (AvgIpc) is 2.70. The normalized spacial score (nSPS) is 12.6. The third-order valence-electron chi connectivity index (χ3n) is 2.08. The highest BCUT2D eigenvalue weighted by Crippen LogP contribution is 2.19. The van der Waals surface area contributed by atoms with E-state index in [2.05, 4.69) is 49.9 Å². The Kier molecular flexibility index (Phi) is 2.74. The summed E-state index contributed by atoms with van der Waals surface area (Å²) in [7, 11) is 0. The molecule has 0 fully saturated rings. The van der Waals surface area contributed by atoms with Crippen LogP contribution in [0.5, 0.6) is 0 Å². The molecule has 2 rings (SSSR count). The molecule has 0 N–H and O–H groups in total. The molecule has 0 aliphatic heterocycles. The summed E-state index contributed by atoms with van der Waals surface area (Å²) in [4.78, 5) is 5.55. The van der Waals surface area contributed by atoms with E-state index in [1.807, 2.05) is 6.92 Å². The number of imidazole rings is 1. The summed E-state index contributed by atoms with van der Waals surface area (Å²) in [5.41, 5.74) is 3.59. The Hall–Kier alpha value is -0.610. The van der Waals surface area contributed by atoms with Gasteiger partial charge in [-0.15, -0.1) is 11.3 Å². The third-order valence-corrected chi connectivity index (χ3v) is 3.72. The second-order valence-electron chi connectivity index (χ2n) is 3.26. The fourth-order valence-electron chi connectivity index (χ4n) is 1.36. The summed E-state index contributed by atoms with van der Waals surface area (Å²) in [5.74, 6) is 0. The van der Waals surface area contributed by atoms with Gasteiger partial charge in [0.15, 0.2) is 4.96 Å². The molecule has 0 amide bonds. The number of hydrogen-bond acceptors (Lipinski definition) is 2. The van der Waals surface area contributed by atoms with Crippen LogP contribution in [0.15, 0.2) is 17.2 Å². The van der Waals surface area contributed by atoms with Crippen molar-refractivity contribution in [1.82, 2.24) is 9.38 Å². The number of halogens is 1. The Labute approximate surface area is 95.4 Å². The monoisotopic (exact) mass is 270 g/mol. The summed E-state index contributed by atoms with van der Waals surface area (Å²) < 4.78 is 2.13. The Balaban J connectivity index is 2.59. The minimum atomic E-state index is 0.907. The second kappa shape index (κ2) is 3.87. The number of thiazole rings is 1. The minimum Gasteiger partial charge on any atom is -0.291 e. The lowest BCUT2D eigenvalue weighted by Gasteiger charge is -1.96. The third kappa shape index (κ3) is 1.64. The van der Waals surface area contributed by atoms with Gasteiger partial charge in [-0.1, -0.05) is 21.5 Å². The molecular weight excluding hydrogens is 260 g/mol. The Bertz CT molecular complexity index is 481. The van der Waals surface area contributed by atoms with Crippen molar-refractivity contribution in [2.45, 2.75) is 13.8 Å². The van der Waals surface area contributed by atoms with E-state index in [1.54, 1.807) is 11.3 Å². The van der Waals surface area contributed by atoms with Gasteiger partial charge in [-0.05, 0) is 19.9 Å². The maximum absolute atomic E-state index is 4.48. The van der Waals surface area contributed by atoms with Gasteiger partial charge in [0.05, 0.1) is 11.4 Å². The predicted molar refractivity (Wildman–Crippen MR) is 65.3 cm³/mol. The minimum absolute atomic E-state index is 0.907. The van der Waals surface area contributed by atoms with Crippen molar-refractivity contribution in [1.29, 1.82) is 0 Å². The van der Waals surface area contributed by atoms with Gasteiger partial charge in [-0.2, -0.15) is 0 Å². The van der Waals surface area contributed by atoms with E-state index in [4.69, 9.17) is 0 Å². The van der Waals surface area contributed by atoms with Crippen LogP contribution in [0.1, 0.15) is 18.3 Å². The molecule has 0 bridgehead atoms. The molecule has 2 heterocycles. The molecule has 0 unspecified atom stereocenters. The van der Waals surface area contributed by atoms with Crippen molar-refractivity contribution in [3.8, 4) is 0 Å². The van der Waals surface area contributed by atoms with Crippen LogP contribution < -0.4 is 0 Å². The molecule has 0 radical (unpaired) electrons. The number of hydrogen-bond donors (Lipinski definition) is 0. The summed E-state index contributed by atoms with van der Waals surface area (Å²) >= 11 is 5.11. The standard InChI is InChI=1S/C10H11BrN2S/c1-7(6-11)5-9-8(2)12-10-13(9)3-4-14-10/h3-5H,6H2,1-2H3. The quantitative estimate of drug-likeness (QED) is 0.764. The largest absolute Gasteiger partial charge is 0.291 e. The molecule has 0 aliphatic rings. The number of fused-ring (bicyclic) bond motifs is 1. The average molecular weight is 271 g/mol. The van der Waals surface area contributed by atoms with Crippen molar-refractivity contribution in [3.63, 3.8) is 0 Å². The lowest BCUT2D eigenvalue weighted by atomic mass is 10.2. The fourth-order valence-corrected chi connectivity index (χ4v) is 2.29. The van der Waals surface area contributed by atoms with Gasteiger partial charge in [0.2, 0.25) is 0 Å². The highest BCUT2D eigenvalue weighted by molar-refractivity contribution is 9.09. The van der Waals surface area contributed by atoms with Crippen LogP contribution in [0.4, 0.5) is 0 Å². The number of aryl methyl sites for hydroxylation is 1. The molecule has 0 aliphatic carbocycles. The van der Waals surface area contributed by atoms with E-state index >= 15 is 0 Å². The van der Waals surface area contributed by atoms with Crippen LogP contribution in [-0.2, 0) is 0 Å². The van der Waals surface area contributed by atoms with Crippen molar-refractivity contribution in [2.24, 2.45) is 0 Å². The molecule has 2 aromatic rings. The van der Waals surface area contributed by atoms with Crippen molar-refractivity contribution >= 4 is 38.3 Å². The smallest absolute Gasteiger partial charge is 0.194 e. The molecule has 2 nitrogen and oxygen atoms in total. The first-order valence-electron chi connectivity index (χ1n) is 4.37. The van der Waals surface area contributed by atoms with Gasteiger partial charge < -0.3 is 0 Å². The molecule has 0 spiro atoms. The van der Waals surface area contributed by atoms with Crippen LogP contribution in [-0.4, -0.2) is 14.7 Å². The lowest BCUT2D eigenvalue weighted by Crippen LogP contribution is -1.85. The molecule has 0 saturated carbocycles. The van der Waals surface area contributed by atoms with Crippen molar-refractivity contribution in [3.05, 3.63) is 28.5 Å². The van der Waals surface area contributed by atoms with Crippen LogP contribution in [0.25, 0.3) is 11.0 Å². The molecular formula is C10H11BrN2S. The van der Waals surface area contributed by atoms with Crippen LogP contribution in [0.2, 0.25) is 0 Å². The van der Waals surface area contributed by atoms with E-state index in [9.17, 15) is 0 Å². The number of alkyl halides is 1. The highest BCUT2D eigenvalue weighted by Gasteiger charge is 2.06. The van der Waals surface area contributed by atoms with E-state index < -0.39 is 0 Å². The van der Waals surface area contributed by atoms with Gasteiger partial charge in [0.1, 0.15) is 0 Å². The summed E-state index contributed by atoms with van der Waals surface area (Å²) in [6.07, 6.45) is 4.24. The van der Waals surface area contributed by atoms with Crippen molar-refractivity contribution in [2.75, 3.05) is 5.33 Å². The van der Waals surface area contributed by atoms with Gasteiger partial charge >= 0.3 is 0 Å². The summed E-state index contributed by atoms with van der Waals surface area (Å²) in [6.45, 7) is 4.16. The number of allylic oxidation sites excluding steroid dienone is 1. The van der Waals surface area contributed by atoms with Crippen LogP contribution >= 0.6 is 27.3 Å². The highest BCUT2D eigenvalue weighted by atomic mass is 79.9. The van der Waals surface area contributed by atoms with E-state index in [1.165, 1.54) is 11.3 Å². The Morgan fingerprint density at radius 3 is 3.21 bits per heavy atom. The molecule has 4 heteroatoms. The summed E-state index contributed by atoms with van der Waals surface area (Å²) in [6, 6.07) is 0. The van der Waals surface area contributed by atoms with Gasteiger partial charge in [0, 0.05) is 16.9 Å². The van der Waals surface area contributed by atoms with Crippen molar-refractivity contribution < 1.29 is 0 Å². The maximum Gasteiger partial charge on any atom is 0.194 e. The summed E-state index contributed by atoms with van der Waals surface area (Å²) in [5, 5.41) is 2.96. The van der Waals surface area contributed by atoms with Gasteiger partial charge in [-0.25, -0.2) is 4.98 Å². The number of rotatable bonds is 2.